The highest BCUT2D eigenvalue weighted by molar-refractivity contribution is 5.78. The minimum atomic E-state index is 0.0399. The molecule has 2 fully saturated rings. The Labute approximate surface area is 174 Å². The predicted octanol–water partition coefficient (Wildman–Crippen LogP) is 2.97. The van der Waals surface area contributed by atoms with Crippen molar-refractivity contribution in [3.8, 4) is 11.5 Å². The summed E-state index contributed by atoms with van der Waals surface area (Å²) in [4.78, 5) is 14.1. The van der Waals surface area contributed by atoms with Gasteiger partial charge in [-0.1, -0.05) is 19.4 Å². The van der Waals surface area contributed by atoms with Crippen LogP contribution in [0.25, 0.3) is 0 Å². The van der Waals surface area contributed by atoms with Crippen molar-refractivity contribution in [2.75, 3.05) is 40.0 Å². The number of aliphatic hydroxyl groups is 1. The second-order valence-electron chi connectivity index (χ2n) is 8.59. The molecule has 2 aliphatic rings. The number of rotatable bonds is 11. The van der Waals surface area contributed by atoms with Gasteiger partial charge in [-0.2, -0.15) is 0 Å². The normalized spacial score (nSPS) is 18.9. The molecule has 1 aromatic rings. The van der Waals surface area contributed by atoms with E-state index in [1.165, 1.54) is 19.3 Å². The van der Waals surface area contributed by atoms with Gasteiger partial charge in [0.15, 0.2) is 18.1 Å². The largest absolute Gasteiger partial charge is 0.493 e. The van der Waals surface area contributed by atoms with Crippen LogP contribution in [-0.4, -0.2) is 55.9 Å². The van der Waals surface area contributed by atoms with Crippen LogP contribution in [0.4, 0.5) is 0 Å². The van der Waals surface area contributed by atoms with Crippen LogP contribution in [-0.2, 0) is 11.3 Å². The molecule has 0 radical (unpaired) electrons. The average molecular weight is 405 g/mol. The number of carbonyl (C=O) groups is 1. The van der Waals surface area contributed by atoms with Crippen molar-refractivity contribution in [2.24, 2.45) is 11.3 Å². The number of aliphatic hydroxyl groups excluding tert-OH is 1. The van der Waals surface area contributed by atoms with Gasteiger partial charge in [0.25, 0.3) is 5.91 Å². The van der Waals surface area contributed by atoms with E-state index in [9.17, 15) is 9.90 Å². The number of hydrogen-bond acceptors (Lipinski definition) is 5. The van der Waals surface area contributed by atoms with Crippen molar-refractivity contribution in [1.29, 1.82) is 0 Å². The fraction of sp³-hybridized carbons (Fsp3) is 0.696. The number of methoxy groups -OCH3 is 1. The third-order valence-corrected chi connectivity index (χ3v) is 6.80. The Hall–Kier alpha value is -1.79. The number of amides is 1. The van der Waals surface area contributed by atoms with E-state index in [0.29, 0.717) is 22.8 Å². The maximum atomic E-state index is 12.2. The van der Waals surface area contributed by atoms with Crippen LogP contribution in [0.1, 0.15) is 51.0 Å². The highest BCUT2D eigenvalue weighted by atomic mass is 16.5. The monoisotopic (exact) mass is 404 g/mol. The second-order valence-corrected chi connectivity index (χ2v) is 8.59. The van der Waals surface area contributed by atoms with E-state index in [2.05, 4.69) is 12.2 Å². The van der Waals surface area contributed by atoms with Crippen LogP contribution in [0.2, 0.25) is 0 Å². The maximum absolute atomic E-state index is 12.2. The van der Waals surface area contributed by atoms with Crippen LogP contribution >= 0.6 is 0 Å². The molecule has 0 aromatic heterocycles. The summed E-state index contributed by atoms with van der Waals surface area (Å²) in [6.45, 7) is 5.98. The summed E-state index contributed by atoms with van der Waals surface area (Å²) in [6.07, 6.45) is 6.80. The topological polar surface area (TPSA) is 71.0 Å². The second kappa shape index (κ2) is 10.3. The lowest BCUT2D eigenvalue weighted by Crippen LogP contribution is -2.44. The number of likely N-dealkylation sites (tertiary alicyclic amines) is 1. The Morgan fingerprint density at radius 3 is 2.62 bits per heavy atom. The fourth-order valence-electron chi connectivity index (χ4n) is 4.57. The molecule has 1 aromatic carbocycles. The molecule has 1 saturated heterocycles. The zero-order valence-electron chi connectivity index (χ0n) is 17.9. The van der Waals surface area contributed by atoms with Gasteiger partial charge in [0.1, 0.15) is 0 Å². The van der Waals surface area contributed by atoms with E-state index in [-0.39, 0.29) is 19.1 Å². The van der Waals surface area contributed by atoms with Crippen LogP contribution in [0, 0.1) is 11.3 Å². The number of nitrogens with one attached hydrogen (secondary N) is 1. The Morgan fingerprint density at radius 1 is 1.24 bits per heavy atom. The molecule has 0 spiro atoms. The van der Waals surface area contributed by atoms with E-state index in [1.807, 2.05) is 23.1 Å². The Bertz CT molecular complexity index is 669. The lowest BCUT2D eigenvalue weighted by Gasteiger charge is -2.47. The minimum Gasteiger partial charge on any atom is -0.493 e. The van der Waals surface area contributed by atoms with E-state index in [4.69, 9.17) is 9.47 Å². The summed E-state index contributed by atoms with van der Waals surface area (Å²) in [7, 11) is 1.63. The van der Waals surface area contributed by atoms with Gasteiger partial charge in [0.05, 0.1) is 7.11 Å². The summed E-state index contributed by atoms with van der Waals surface area (Å²) in [5, 5.41) is 12.9. The quantitative estimate of drug-likeness (QED) is 0.593. The van der Waals surface area contributed by atoms with Crippen molar-refractivity contribution in [1.82, 2.24) is 10.2 Å². The van der Waals surface area contributed by atoms with Crippen LogP contribution in [0.3, 0.4) is 0 Å². The molecule has 1 atom stereocenters. The Balaban J connectivity index is 1.51. The van der Waals surface area contributed by atoms with Crippen LogP contribution in [0.15, 0.2) is 18.2 Å². The standard InChI is InChI=1S/C23H36N2O4/c1-18(8-13-26)23(9-5-10-23)17-24-15-19-6-7-20(21(14-19)28-2)29-16-22(27)25-11-3-4-12-25/h6-7,14,18,24,26H,3-5,8-13,15-17H2,1-2H3. The van der Waals surface area contributed by atoms with Crippen molar-refractivity contribution >= 4 is 5.91 Å². The minimum absolute atomic E-state index is 0.0399. The first-order chi connectivity index (χ1) is 14.1. The average Bonchev–Trinajstić information content (AvgIpc) is 3.23. The molecule has 1 heterocycles. The molecule has 1 aliphatic heterocycles. The van der Waals surface area contributed by atoms with Crippen LogP contribution in [0.5, 0.6) is 11.5 Å². The van der Waals surface area contributed by atoms with Gasteiger partial charge >= 0.3 is 0 Å². The molecule has 2 N–H and O–H groups in total. The van der Waals surface area contributed by atoms with Crippen molar-refractivity contribution in [2.45, 2.75) is 52.0 Å². The summed E-state index contributed by atoms with van der Waals surface area (Å²) >= 11 is 0. The molecular formula is C23H36N2O4. The molecule has 6 heteroatoms. The lowest BCUT2D eigenvalue weighted by atomic mass is 9.60. The van der Waals surface area contributed by atoms with Gasteiger partial charge in [-0.3, -0.25) is 4.79 Å². The third-order valence-electron chi connectivity index (χ3n) is 6.80. The van der Waals surface area contributed by atoms with Gasteiger partial charge in [-0.25, -0.2) is 0 Å². The molecule has 3 rings (SSSR count). The summed E-state index contributed by atoms with van der Waals surface area (Å²) in [6, 6.07) is 5.89. The fourth-order valence-corrected chi connectivity index (χ4v) is 4.57. The molecule has 1 aliphatic carbocycles. The smallest absolute Gasteiger partial charge is 0.260 e. The predicted molar refractivity (Wildman–Crippen MR) is 113 cm³/mol. The molecule has 1 saturated carbocycles. The van der Waals surface area contributed by atoms with Crippen molar-refractivity contribution < 1.29 is 19.4 Å². The number of hydrogen-bond donors (Lipinski definition) is 2. The first kappa shape index (κ1) is 21.9. The molecule has 6 nitrogen and oxygen atoms in total. The van der Waals surface area contributed by atoms with Gasteiger partial charge in [0, 0.05) is 32.8 Å². The van der Waals surface area contributed by atoms with Gasteiger partial charge in [0.2, 0.25) is 0 Å². The molecule has 0 bridgehead atoms. The number of benzene rings is 1. The van der Waals surface area contributed by atoms with E-state index < -0.39 is 0 Å². The summed E-state index contributed by atoms with van der Waals surface area (Å²) < 4.78 is 11.2. The van der Waals surface area contributed by atoms with Crippen molar-refractivity contribution in [3.05, 3.63) is 23.8 Å². The molecular weight excluding hydrogens is 368 g/mol. The highest BCUT2D eigenvalue weighted by Gasteiger charge is 2.40. The first-order valence-corrected chi connectivity index (χ1v) is 11.0. The van der Waals surface area contributed by atoms with E-state index in [1.54, 1.807) is 7.11 Å². The highest BCUT2D eigenvalue weighted by Crippen LogP contribution is 2.47. The first-order valence-electron chi connectivity index (χ1n) is 11.0. The Morgan fingerprint density at radius 2 is 2.00 bits per heavy atom. The third kappa shape index (κ3) is 5.43. The van der Waals surface area contributed by atoms with E-state index in [0.717, 1.165) is 51.0 Å². The van der Waals surface area contributed by atoms with E-state index >= 15 is 0 Å². The SMILES string of the molecule is COc1cc(CNCC2(C(C)CCO)CCC2)ccc1OCC(=O)N1CCCC1. The van der Waals surface area contributed by atoms with Gasteiger partial charge in [-0.15, -0.1) is 0 Å². The maximum Gasteiger partial charge on any atom is 0.260 e. The zero-order valence-corrected chi connectivity index (χ0v) is 17.9. The van der Waals surface area contributed by atoms with Gasteiger partial charge in [-0.05, 0) is 61.1 Å². The molecule has 1 amide bonds. The van der Waals surface area contributed by atoms with Crippen LogP contribution < -0.4 is 14.8 Å². The number of ether oxygens (including phenoxy) is 2. The summed E-state index contributed by atoms with van der Waals surface area (Å²) in [5.41, 5.74) is 1.45. The molecule has 162 valence electrons. The van der Waals surface area contributed by atoms with Crippen molar-refractivity contribution in [3.63, 3.8) is 0 Å². The zero-order chi connectivity index (χ0) is 20.7. The lowest BCUT2D eigenvalue weighted by molar-refractivity contribution is -0.132. The summed E-state index contributed by atoms with van der Waals surface area (Å²) in [5.74, 6) is 1.84. The molecule has 1 unspecified atom stereocenters. The van der Waals surface area contributed by atoms with Gasteiger partial charge < -0.3 is 24.8 Å². The number of nitrogens with zero attached hydrogens (tertiary/aromatic N) is 1. The Kier molecular flexibility index (Phi) is 7.78. The number of carbonyl (C=O) groups excluding carboxylic acids is 1. The molecule has 29 heavy (non-hydrogen) atoms.